The van der Waals surface area contributed by atoms with Crippen LogP contribution in [0.2, 0.25) is 0 Å². The second kappa shape index (κ2) is 29.0. The Morgan fingerprint density at radius 2 is 0.781 bits per heavy atom. The SMILES string of the molecule is COC[C@]12CC[C@](C)(O)CC1=CC[C@@H]1[C@@H]2CC[C@]2(C)[C@@H]([C@H](C)CCC(C)C(F)(F)F)CC[C@@H]12.COC[C@]12CC[C@](C)(O)CC1=CC[C@@H]1[C@@H]2CC[C@]2(C)[C@@H]([C@H](C)CCC(C)C)CC[C@@H]12.COC[C@]12CC[C@](C)(O)C[C@@H]1CC[C@H]1[C@@H]3CC[C@H]([C@H](C)CCC(C)C(F)(F)F)[C@@]3(C)CC[C@@H]12. The van der Waals surface area contributed by atoms with Crippen molar-refractivity contribution >= 4 is 0 Å². The summed E-state index contributed by atoms with van der Waals surface area (Å²) >= 11 is 0. The van der Waals surface area contributed by atoms with E-state index in [0.717, 1.165) is 126 Å². The maximum atomic E-state index is 13.1. The normalized spacial score (nSPS) is 46.3. The zero-order chi connectivity index (χ0) is 70.2. The molecule has 3 N–H and O–H groups in total. The third kappa shape index (κ3) is 14.8. The third-order valence-corrected chi connectivity index (χ3v) is 32.8. The zero-order valence-electron chi connectivity index (χ0n) is 63.5. The highest BCUT2D eigenvalue weighted by atomic mass is 19.4. The molecule has 27 atom stereocenters. The Balaban J connectivity index is 0.000000157. The van der Waals surface area contributed by atoms with E-state index in [1.165, 1.54) is 128 Å². The van der Waals surface area contributed by atoms with Crippen molar-refractivity contribution in [3.8, 4) is 0 Å². The molecular formula is C84H140F6O6. The van der Waals surface area contributed by atoms with E-state index in [4.69, 9.17) is 14.2 Å². The van der Waals surface area contributed by atoms with Crippen LogP contribution in [0.15, 0.2) is 23.3 Å². The second-order valence-electron chi connectivity index (χ2n) is 38.9. The van der Waals surface area contributed by atoms with Crippen molar-refractivity contribution in [2.75, 3.05) is 41.2 Å². The minimum Gasteiger partial charge on any atom is -0.390 e. The van der Waals surface area contributed by atoms with Gasteiger partial charge in [0.25, 0.3) is 0 Å². The lowest BCUT2D eigenvalue weighted by Crippen LogP contribution is -2.58. The molecule has 0 aliphatic heterocycles. The van der Waals surface area contributed by atoms with Gasteiger partial charge >= 0.3 is 12.4 Å². The fraction of sp³-hybridized carbons (Fsp3) is 0.952. The van der Waals surface area contributed by atoms with Gasteiger partial charge in [0.1, 0.15) is 0 Å². The van der Waals surface area contributed by atoms with Gasteiger partial charge in [-0.05, 0) is 329 Å². The number of hydrogen-bond donors (Lipinski definition) is 3. The predicted octanol–water partition coefficient (Wildman–Crippen LogP) is 22.2. The molecule has 0 aromatic heterocycles. The van der Waals surface area contributed by atoms with Crippen molar-refractivity contribution in [1.29, 1.82) is 0 Å². The van der Waals surface area contributed by atoms with Crippen molar-refractivity contribution < 1.29 is 55.9 Å². The van der Waals surface area contributed by atoms with Crippen molar-refractivity contribution in [3.63, 3.8) is 0 Å². The molecule has 12 heteroatoms. The van der Waals surface area contributed by atoms with E-state index in [2.05, 4.69) is 67.5 Å². The summed E-state index contributed by atoms with van der Waals surface area (Å²) in [5, 5.41) is 32.4. The molecule has 0 aromatic carbocycles. The molecule has 0 heterocycles. The summed E-state index contributed by atoms with van der Waals surface area (Å²) in [4.78, 5) is 0. The van der Waals surface area contributed by atoms with E-state index in [9.17, 15) is 41.7 Å². The number of aliphatic hydroxyl groups is 3. The van der Waals surface area contributed by atoms with E-state index >= 15 is 0 Å². The number of fused-ring (bicyclic) bond motifs is 15. The fourth-order valence-corrected chi connectivity index (χ4v) is 27.5. The Hall–Kier alpha value is -1.18. The Morgan fingerprint density at radius 1 is 0.406 bits per heavy atom. The molecule has 554 valence electrons. The minimum atomic E-state index is -4.08. The van der Waals surface area contributed by atoms with Gasteiger partial charge in [-0.2, -0.15) is 26.3 Å². The average molecular weight is 1360 g/mol. The summed E-state index contributed by atoms with van der Waals surface area (Å²) in [6.45, 7) is 30.5. The smallest absolute Gasteiger partial charge is 0.390 e. The van der Waals surface area contributed by atoms with E-state index in [1.54, 1.807) is 0 Å². The lowest BCUT2D eigenvalue weighted by molar-refractivity contribution is -0.177. The van der Waals surface area contributed by atoms with Crippen molar-refractivity contribution in [3.05, 3.63) is 23.3 Å². The number of methoxy groups -OCH3 is 3. The first-order chi connectivity index (χ1) is 44.8. The summed E-state index contributed by atoms with van der Waals surface area (Å²) in [7, 11) is 5.53. The number of rotatable bonds is 18. The average Bonchev–Trinajstić information content (AvgIpc) is 1.30. The third-order valence-electron chi connectivity index (χ3n) is 32.8. The van der Waals surface area contributed by atoms with Crippen LogP contribution in [0.25, 0.3) is 0 Å². The molecule has 12 aliphatic carbocycles. The minimum absolute atomic E-state index is 0.0626. The molecule has 0 amide bonds. The van der Waals surface area contributed by atoms with Crippen LogP contribution < -0.4 is 0 Å². The van der Waals surface area contributed by atoms with Gasteiger partial charge in [-0.1, -0.05) is 105 Å². The highest BCUT2D eigenvalue weighted by Crippen LogP contribution is 2.72. The summed E-state index contributed by atoms with van der Waals surface area (Å²) in [6, 6.07) is 0. The molecule has 96 heavy (non-hydrogen) atoms. The Kier molecular flexibility index (Phi) is 23.4. The van der Waals surface area contributed by atoms with Gasteiger partial charge < -0.3 is 29.5 Å². The van der Waals surface area contributed by atoms with Gasteiger partial charge in [0.2, 0.25) is 0 Å². The first-order valence-corrected chi connectivity index (χ1v) is 40.0. The molecular weight excluding hydrogens is 1220 g/mol. The molecule has 6 nitrogen and oxygen atoms in total. The first kappa shape index (κ1) is 77.4. The largest absolute Gasteiger partial charge is 0.391 e. The standard InChI is InChI=1S/C28H47F3O2.C28H45F3O2.C28H48O2/c2*1-18(6-7-19(2)28(29,30)31)22-10-11-23-21-9-8-20-16-25(3,32)14-15-27(20,17-33-5)24(21)12-13-26(22,23)4;1-19(2)7-8-20(3)23-11-12-24-22-10-9-21-17-26(4,29)15-16-28(21,18-30-6)25(22)13-14-27(23,24)5/h18-24,32H,6-17H2,1-5H3;8,18-19,21-24,32H,6-7,9-17H2,1-5H3;9,19-20,22-25,29H,7-8,10-18H2,1-6H3/t18-,19?,20+,21+,22-,23+,24+,25+,26-,27-;18-,19?,21+,22-,23+,24+,25+,26-,27-;20-,22+,23-,24+,25+,26+,27-,28-/m111/s1. The van der Waals surface area contributed by atoms with Crippen LogP contribution in [-0.2, 0) is 14.2 Å². The predicted molar refractivity (Wildman–Crippen MR) is 377 cm³/mol. The van der Waals surface area contributed by atoms with Gasteiger partial charge in [0.05, 0.1) is 48.5 Å². The van der Waals surface area contributed by atoms with E-state index in [1.807, 2.05) is 42.1 Å². The van der Waals surface area contributed by atoms with Crippen LogP contribution in [-0.4, -0.2) is 85.6 Å². The molecule has 0 spiro atoms. The molecule has 10 saturated carbocycles. The summed E-state index contributed by atoms with van der Waals surface area (Å²) in [5.74, 6) is 8.96. The Bertz CT molecular complexity index is 2640. The number of alkyl halides is 6. The summed E-state index contributed by atoms with van der Waals surface area (Å²) in [6.07, 6.45) is 29.9. The number of hydrogen-bond acceptors (Lipinski definition) is 6. The lowest BCUT2D eigenvalue weighted by Gasteiger charge is -2.63. The topological polar surface area (TPSA) is 88.4 Å². The number of ether oxygens (including phenoxy) is 3. The molecule has 10 fully saturated rings. The summed E-state index contributed by atoms with van der Waals surface area (Å²) in [5.41, 5.74) is 2.79. The number of halogens is 6. The second-order valence-corrected chi connectivity index (χ2v) is 38.9. The van der Waals surface area contributed by atoms with E-state index in [-0.39, 0.29) is 39.9 Å². The lowest BCUT2D eigenvalue weighted by atomic mass is 9.43. The molecule has 0 bridgehead atoms. The molecule has 2 unspecified atom stereocenters. The Labute approximate surface area is 580 Å². The van der Waals surface area contributed by atoms with E-state index in [0.29, 0.717) is 83.4 Å². The molecule has 0 aromatic rings. The van der Waals surface area contributed by atoms with E-state index < -0.39 is 41.0 Å². The zero-order valence-corrected chi connectivity index (χ0v) is 63.5. The number of allylic oxidation sites excluding steroid dienone is 2. The molecule has 12 aliphatic rings. The molecule has 12 rings (SSSR count). The highest BCUT2D eigenvalue weighted by Gasteiger charge is 2.66. The summed E-state index contributed by atoms with van der Waals surface area (Å²) < 4.78 is 95.9. The van der Waals surface area contributed by atoms with Crippen molar-refractivity contribution in [2.45, 2.75) is 318 Å². The van der Waals surface area contributed by atoms with Gasteiger partial charge in [-0.15, -0.1) is 0 Å². The molecule has 0 radical (unpaired) electrons. The van der Waals surface area contributed by atoms with Crippen LogP contribution in [0.4, 0.5) is 26.3 Å². The first-order valence-electron chi connectivity index (χ1n) is 40.0. The van der Waals surface area contributed by atoms with Gasteiger partial charge in [0.15, 0.2) is 0 Å². The van der Waals surface area contributed by atoms with Crippen LogP contribution in [0, 0.1) is 145 Å². The quantitative estimate of drug-likeness (QED) is 0.0936. The van der Waals surface area contributed by atoms with Gasteiger partial charge in [-0.25, -0.2) is 0 Å². The van der Waals surface area contributed by atoms with Crippen molar-refractivity contribution in [1.82, 2.24) is 0 Å². The Morgan fingerprint density at radius 3 is 1.17 bits per heavy atom. The van der Waals surface area contributed by atoms with Crippen LogP contribution in [0.5, 0.6) is 0 Å². The highest BCUT2D eigenvalue weighted by molar-refractivity contribution is 5.30. The van der Waals surface area contributed by atoms with Crippen molar-refractivity contribution in [2.24, 2.45) is 145 Å². The maximum Gasteiger partial charge on any atom is 0.391 e. The van der Waals surface area contributed by atoms with Gasteiger partial charge in [-0.3, -0.25) is 0 Å². The molecule has 0 saturated heterocycles. The fourth-order valence-electron chi connectivity index (χ4n) is 27.5. The van der Waals surface area contributed by atoms with Crippen LogP contribution in [0.3, 0.4) is 0 Å². The van der Waals surface area contributed by atoms with Crippen LogP contribution >= 0.6 is 0 Å². The van der Waals surface area contributed by atoms with Crippen LogP contribution in [0.1, 0.15) is 289 Å². The monoisotopic (exact) mass is 1360 g/mol. The van der Waals surface area contributed by atoms with Gasteiger partial charge in [0, 0.05) is 32.2 Å². The maximum absolute atomic E-state index is 13.1.